The largest absolute Gasteiger partial charge is 0.385 e. The molecular formula is C21H29FN2O4. The third-order valence-corrected chi connectivity index (χ3v) is 5.75. The normalized spacial score (nSPS) is 27.2. The lowest BCUT2D eigenvalue weighted by molar-refractivity contribution is -0.127. The van der Waals surface area contributed by atoms with Gasteiger partial charge in [0.05, 0.1) is 6.61 Å². The minimum absolute atomic E-state index is 0.178. The molecule has 6 nitrogen and oxygen atoms in total. The molecule has 2 amide bonds. The molecule has 0 aromatic heterocycles. The van der Waals surface area contributed by atoms with Gasteiger partial charge < -0.3 is 14.8 Å². The van der Waals surface area contributed by atoms with Crippen molar-refractivity contribution in [2.24, 2.45) is 5.92 Å². The van der Waals surface area contributed by atoms with Crippen molar-refractivity contribution in [3.63, 3.8) is 0 Å². The highest BCUT2D eigenvalue weighted by molar-refractivity contribution is 5.98. The molecule has 1 atom stereocenters. The van der Waals surface area contributed by atoms with Gasteiger partial charge in [0.1, 0.15) is 17.6 Å². The first-order valence-corrected chi connectivity index (χ1v) is 9.97. The molecule has 1 heterocycles. The minimum Gasteiger partial charge on any atom is -0.385 e. The maximum absolute atomic E-state index is 13.3. The molecule has 28 heavy (non-hydrogen) atoms. The summed E-state index contributed by atoms with van der Waals surface area (Å²) in [5, 5.41) is 2.88. The molecule has 1 unspecified atom stereocenters. The van der Waals surface area contributed by atoms with Gasteiger partial charge in [0.25, 0.3) is 5.91 Å². The van der Waals surface area contributed by atoms with E-state index in [0.717, 1.165) is 12.8 Å². The summed E-state index contributed by atoms with van der Waals surface area (Å²) in [5.41, 5.74) is -0.394. The summed E-state index contributed by atoms with van der Waals surface area (Å²) >= 11 is 0. The summed E-state index contributed by atoms with van der Waals surface area (Å²) in [6.45, 7) is 3.40. The highest BCUT2D eigenvalue weighted by Gasteiger charge is 2.53. The van der Waals surface area contributed by atoms with Gasteiger partial charge in [0.2, 0.25) is 5.91 Å². The number of halogens is 1. The molecule has 1 aromatic carbocycles. The van der Waals surface area contributed by atoms with Gasteiger partial charge in [0.15, 0.2) is 0 Å². The quantitative estimate of drug-likeness (QED) is 0.756. The van der Waals surface area contributed by atoms with Crippen LogP contribution < -0.4 is 5.32 Å². The van der Waals surface area contributed by atoms with Crippen molar-refractivity contribution >= 4 is 11.8 Å². The third-order valence-electron chi connectivity index (χ3n) is 5.75. The second-order valence-corrected chi connectivity index (χ2v) is 7.77. The molecule has 1 N–H and O–H groups in total. The Hall–Kier alpha value is -1.99. The van der Waals surface area contributed by atoms with Crippen LogP contribution in [0, 0.1) is 11.7 Å². The van der Waals surface area contributed by atoms with Crippen LogP contribution >= 0.6 is 0 Å². The number of hydrogen-bond donors (Lipinski definition) is 1. The standard InChI is InChI=1S/C21H29FN2O4/c1-15-8-10-21(11-9-15)24(20(26)16-4-6-17(22)7-5-16)18(14-28-21)19(25)23-12-3-13-27-2/h4-7,15,18H,3,8-14H2,1-2H3,(H,23,25). The fourth-order valence-corrected chi connectivity index (χ4v) is 4.06. The van der Waals surface area contributed by atoms with Crippen molar-refractivity contribution < 1.29 is 23.5 Å². The summed E-state index contributed by atoms with van der Waals surface area (Å²) in [7, 11) is 1.61. The van der Waals surface area contributed by atoms with Crippen molar-refractivity contribution in [3.8, 4) is 0 Å². The number of hydrogen-bond acceptors (Lipinski definition) is 4. The first-order valence-electron chi connectivity index (χ1n) is 9.97. The van der Waals surface area contributed by atoms with Crippen molar-refractivity contribution in [1.82, 2.24) is 10.2 Å². The van der Waals surface area contributed by atoms with E-state index in [1.807, 2.05) is 0 Å². The zero-order valence-corrected chi connectivity index (χ0v) is 16.6. The van der Waals surface area contributed by atoms with Crippen LogP contribution in [0.3, 0.4) is 0 Å². The zero-order valence-electron chi connectivity index (χ0n) is 16.6. The second-order valence-electron chi connectivity index (χ2n) is 7.77. The maximum Gasteiger partial charge on any atom is 0.256 e. The van der Waals surface area contributed by atoms with Crippen LogP contribution in [0.25, 0.3) is 0 Å². The van der Waals surface area contributed by atoms with Crippen LogP contribution in [-0.4, -0.2) is 55.3 Å². The van der Waals surface area contributed by atoms with Crippen LogP contribution in [0.1, 0.15) is 49.4 Å². The van der Waals surface area contributed by atoms with Gasteiger partial charge in [-0.2, -0.15) is 0 Å². The first kappa shape index (κ1) is 20.7. The van der Waals surface area contributed by atoms with Gasteiger partial charge in [0, 0.05) is 25.8 Å². The number of carbonyl (C=O) groups excluding carboxylic acids is 2. The predicted octanol–water partition coefficient (Wildman–Crippen LogP) is 2.73. The summed E-state index contributed by atoms with van der Waals surface area (Å²) in [5.74, 6) is -0.340. The molecule has 1 aliphatic carbocycles. The zero-order chi connectivity index (χ0) is 20.1. The fraction of sp³-hybridized carbons (Fsp3) is 0.619. The lowest BCUT2D eigenvalue weighted by Crippen LogP contribution is -2.56. The summed E-state index contributed by atoms with van der Waals surface area (Å²) in [4.78, 5) is 27.7. The lowest BCUT2D eigenvalue weighted by atomic mass is 9.83. The van der Waals surface area contributed by atoms with Crippen molar-refractivity contribution in [2.45, 2.75) is 50.8 Å². The number of benzene rings is 1. The minimum atomic E-state index is -0.757. The number of nitrogens with one attached hydrogen (secondary N) is 1. The molecule has 2 fully saturated rings. The monoisotopic (exact) mass is 392 g/mol. The van der Waals surface area contributed by atoms with E-state index < -0.39 is 17.6 Å². The Kier molecular flexibility index (Phi) is 6.67. The average Bonchev–Trinajstić information content (AvgIpc) is 3.06. The van der Waals surface area contributed by atoms with Gasteiger partial charge in [-0.3, -0.25) is 14.5 Å². The summed E-state index contributed by atoms with van der Waals surface area (Å²) in [6, 6.07) is 4.76. The molecule has 1 aliphatic heterocycles. The van der Waals surface area contributed by atoms with Gasteiger partial charge in [-0.15, -0.1) is 0 Å². The van der Waals surface area contributed by atoms with E-state index in [0.29, 0.717) is 43.9 Å². The average molecular weight is 392 g/mol. The van der Waals surface area contributed by atoms with E-state index in [4.69, 9.17) is 9.47 Å². The molecule has 1 saturated heterocycles. The number of nitrogens with zero attached hydrogens (tertiary/aromatic N) is 1. The number of amides is 2. The molecule has 3 rings (SSSR count). The second kappa shape index (κ2) is 9.01. The molecule has 0 radical (unpaired) electrons. The van der Waals surface area contributed by atoms with E-state index in [2.05, 4.69) is 12.2 Å². The molecule has 1 spiro atoms. The van der Waals surface area contributed by atoms with E-state index >= 15 is 0 Å². The van der Waals surface area contributed by atoms with Gasteiger partial charge in [-0.25, -0.2) is 4.39 Å². The van der Waals surface area contributed by atoms with Crippen molar-refractivity contribution in [3.05, 3.63) is 35.6 Å². The van der Waals surface area contributed by atoms with Gasteiger partial charge in [-0.05, 0) is 62.3 Å². The van der Waals surface area contributed by atoms with Crippen molar-refractivity contribution in [2.75, 3.05) is 26.9 Å². The highest BCUT2D eigenvalue weighted by Crippen LogP contribution is 2.43. The van der Waals surface area contributed by atoms with E-state index in [9.17, 15) is 14.0 Å². The Morgan fingerprint density at radius 2 is 1.96 bits per heavy atom. The Balaban J connectivity index is 1.81. The molecule has 7 heteroatoms. The van der Waals surface area contributed by atoms with Crippen LogP contribution in [0.15, 0.2) is 24.3 Å². The molecule has 0 bridgehead atoms. The third kappa shape index (κ3) is 4.36. The summed E-state index contributed by atoms with van der Waals surface area (Å²) < 4.78 is 24.4. The highest BCUT2D eigenvalue weighted by atomic mass is 19.1. The van der Waals surface area contributed by atoms with E-state index in [-0.39, 0.29) is 18.4 Å². The number of carbonyl (C=O) groups is 2. The van der Waals surface area contributed by atoms with Crippen LogP contribution in [0.4, 0.5) is 4.39 Å². The number of ether oxygens (including phenoxy) is 2. The maximum atomic E-state index is 13.3. The summed E-state index contributed by atoms with van der Waals surface area (Å²) in [6.07, 6.45) is 3.98. The van der Waals surface area contributed by atoms with E-state index in [1.54, 1.807) is 12.0 Å². The van der Waals surface area contributed by atoms with Crippen LogP contribution in [0.2, 0.25) is 0 Å². The number of rotatable bonds is 6. The molecular weight excluding hydrogens is 363 g/mol. The van der Waals surface area contributed by atoms with Crippen molar-refractivity contribution in [1.29, 1.82) is 0 Å². The lowest BCUT2D eigenvalue weighted by Gasteiger charge is -2.43. The Morgan fingerprint density at radius 3 is 2.61 bits per heavy atom. The van der Waals surface area contributed by atoms with Crippen LogP contribution in [0.5, 0.6) is 0 Å². The van der Waals surface area contributed by atoms with Crippen LogP contribution in [-0.2, 0) is 14.3 Å². The van der Waals surface area contributed by atoms with Gasteiger partial charge in [-0.1, -0.05) is 6.92 Å². The van der Waals surface area contributed by atoms with E-state index in [1.165, 1.54) is 24.3 Å². The molecule has 1 saturated carbocycles. The van der Waals surface area contributed by atoms with Gasteiger partial charge >= 0.3 is 0 Å². The Bertz CT molecular complexity index is 686. The topological polar surface area (TPSA) is 67.9 Å². The Morgan fingerprint density at radius 1 is 1.29 bits per heavy atom. The Labute approximate surface area is 165 Å². The molecule has 1 aromatic rings. The molecule has 2 aliphatic rings. The molecule has 154 valence electrons. The fourth-order valence-electron chi connectivity index (χ4n) is 4.06. The first-order chi connectivity index (χ1) is 13.5. The number of methoxy groups -OCH3 is 1. The predicted molar refractivity (Wildman–Crippen MR) is 102 cm³/mol. The smallest absolute Gasteiger partial charge is 0.256 e. The SMILES string of the molecule is COCCCNC(=O)C1COC2(CCC(C)CC2)N1C(=O)c1ccc(F)cc1.